The average molecular weight is 219 g/mol. The fraction of sp³-hybridized carbons (Fsp3) is 0.273. The first kappa shape index (κ1) is 10.5. The van der Waals surface area contributed by atoms with E-state index in [-0.39, 0.29) is 5.56 Å². The number of anilines is 1. The third-order valence-electron chi connectivity index (χ3n) is 2.24. The number of nitrogens with zero attached hydrogens (tertiary/aromatic N) is 2. The second kappa shape index (κ2) is 4.22. The maximum Gasteiger partial charge on any atom is 0.293 e. The summed E-state index contributed by atoms with van der Waals surface area (Å²) in [6.07, 6.45) is 3.20. The molecule has 5 heteroatoms. The Bertz CT molecular complexity index is 542. The lowest BCUT2D eigenvalue weighted by atomic mass is 10.4. The molecule has 0 amide bonds. The normalized spacial score (nSPS) is 10.4. The van der Waals surface area contributed by atoms with Crippen LogP contribution in [0.1, 0.15) is 11.5 Å². The summed E-state index contributed by atoms with van der Waals surface area (Å²) in [5.74, 6) is 1.97. The van der Waals surface area contributed by atoms with E-state index < -0.39 is 0 Å². The molecule has 2 rings (SSSR count). The van der Waals surface area contributed by atoms with E-state index in [4.69, 9.17) is 4.42 Å². The molecule has 0 radical (unpaired) electrons. The second-order valence-corrected chi connectivity index (χ2v) is 3.56. The van der Waals surface area contributed by atoms with Crippen molar-refractivity contribution in [2.75, 3.05) is 5.32 Å². The molecular formula is C11H13N3O2. The van der Waals surface area contributed by atoms with Gasteiger partial charge in [0.1, 0.15) is 11.5 Å². The van der Waals surface area contributed by atoms with Crippen molar-refractivity contribution in [3.8, 4) is 0 Å². The molecule has 0 aliphatic rings. The molecule has 2 heterocycles. The van der Waals surface area contributed by atoms with Crippen LogP contribution >= 0.6 is 0 Å². The standard InChI is InChI=1S/C11H13N3O2/c1-8-3-4-9(16-8)7-13-10-11(15)14(2)6-5-12-10/h3-6H,7H2,1-2H3,(H,12,13). The van der Waals surface area contributed by atoms with Crippen LogP contribution in [0.4, 0.5) is 5.82 Å². The highest BCUT2D eigenvalue weighted by atomic mass is 16.3. The van der Waals surface area contributed by atoms with Crippen molar-refractivity contribution >= 4 is 5.82 Å². The fourth-order valence-corrected chi connectivity index (χ4v) is 1.37. The number of aromatic nitrogens is 2. The Hall–Kier alpha value is -2.04. The van der Waals surface area contributed by atoms with Crippen LogP contribution in [0.2, 0.25) is 0 Å². The summed E-state index contributed by atoms with van der Waals surface area (Å²) in [5.41, 5.74) is -0.147. The zero-order valence-corrected chi connectivity index (χ0v) is 9.23. The molecule has 2 aromatic rings. The molecule has 2 aromatic heterocycles. The number of rotatable bonds is 3. The van der Waals surface area contributed by atoms with Crippen LogP contribution in [-0.4, -0.2) is 9.55 Å². The van der Waals surface area contributed by atoms with Gasteiger partial charge >= 0.3 is 0 Å². The van der Waals surface area contributed by atoms with Gasteiger partial charge in [-0.3, -0.25) is 4.79 Å². The lowest BCUT2D eigenvalue weighted by Gasteiger charge is -2.03. The average Bonchev–Trinajstić information content (AvgIpc) is 2.67. The van der Waals surface area contributed by atoms with E-state index in [2.05, 4.69) is 10.3 Å². The largest absolute Gasteiger partial charge is 0.465 e. The van der Waals surface area contributed by atoms with Gasteiger partial charge in [0.25, 0.3) is 5.56 Å². The zero-order chi connectivity index (χ0) is 11.5. The van der Waals surface area contributed by atoms with Crippen LogP contribution < -0.4 is 10.9 Å². The number of nitrogens with one attached hydrogen (secondary N) is 1. The summed E-state index contributed by atoms with van der Waals surface area (Å²) in [6, 6.07) is 3.75. The molecule has 0 aliphatic heterocycles. The van der Waals surface area contributed by atoms with Gasteiger partial charge in [0.15, 0.2) is 5.82 Å². The van der Waals surface area contributed by atoms with Crippen LogP contribution in [0.3, 0.4) is 0 Å². The van der Waals surface area contributed by atoms with Crippen molar-refractivity contribution in [3.63, 3.8) is 0 Å². The topological polar surface area (TPSA) is 60.1 Å². The molecule has 84 valence electrons. The van der Waals surface area contributed by atoms with Crippen LogP contribution in [0.25, 0.3) is 0 Å². The number of hydrogen-bond donors (Lipinski definition) is 1. The Morgan fingerprint density at radius 3 is 3.00 bits per heavy atom. The van der Waals surface area contributed by atoms with E-state index in [0.29, 0.717) is 12.4 Å². The summed E-state index contributed by atoms with van der Waals surface area (Å²) in [6.45, 7) is 2.34. The van der Waals surface area contributed by atoms with E-state index in [1.807, 2.05) is 19.1 Å². The minimum atomic E-state index is -0.147. The van der Waals surface area contributed by atoms with E-state index in [0.717, 1.165) is 11.5 Å². The number of aryl methyl sites for hydroxylation is 2. The van der Waals surface area contributed by atoms with Gasteiger partial charge in [0.05, 0.1) is 6.54 Å². The van der Waals surface area contributed by atoms with Crippen LogP contribution in [0, 0.1) is 6.92 Å². The fourth-order valence-electron chi connectivity index (χ4n) is 1.37. The predicted octanol–water partition coefficient (Wildman–Crippen LogP) is 1.29. The van der Waals surface area contributed by atoms with Gasteiger partial charge in [-0.15, -0.1) is 0 Å². The minimum absolute atomic E-state index is 0.147. The maximum atomic E-state index is 11.6. The molecule has 0 bridgehead atoms. The number of furan rings is 1. The summed E-state index contributed by atoms with van der Waals surface area (Å²) >= 11 is 0. The van der Waals surface area contributed by atoms with E-state index in [9.17, 15) is 4.79 Å². The Labute approximate surface area is 92.7 Å². The quantitative estimate of drug-likeness (QED) is 0.845. The zero-order valence-electron chi connectivity index (χ0n) is 9.23. The molecule has 0 atom stereocenters. The van der Waals surface area contributed by atoms with Gasteiger partial charge in [0, 0.05) is 19.4 Å². The van der Waals surface area contributed by atoms with Crippen molar-refractivity contribution in [2.45, 2.75) is 13.5 Å². The maximum absolute atomic E-state index is 11.6. The summed E-state index contributed by atoms with van der Waals surface area (Å²) in [5, 5.41) is 2.95. The molecule has 0 fully saturated rings. The molecule has 5 nitrogen and oxygen atoms in total. The third-order valence-corrected chi connectivity index (χ3v) is 2.24. The lowest BCUT2D eigenvalue weighted by molar-refractivity contribution is 0.490. The summed E-state index contributed by atoms with van der Waals surface area (Å²) in [7, 11) is 1.69. The van der Waals surface area contributed by atoms with E-state index in [1.165, 1.54) is 4.57 Å². The molecule has 0 saturated heterocycles. The van der Waals surface area contributed by atoms with Crippen molar-refractivity contribution in [1.29, 1.82) is 0 Å². The summed E-state index contributed by atoms with van der Waals surface area (Å²) < 4.78 is 6.85. The van der Waals surface area contributed by atoms with Gasteiger partial charge < -0.3 is 14.3 Å². The highest BCUT2D eigenvalue weighted by molar-refractivity contribution is 5.31. The second-order valence-electron chi connectivity index (χ2n) is 3.56. The van der Waals surface area contributed by atoms with E-state index in [1.54, 1.807) is 19.4 Å². The molecular weight excluding hydrogens is 206 g/mol. The first-order chi connectivity index (χ1) is 7.66. The van der Waals surface area contributed by atoms with Gasteiger partial charge in [-0.25, -0.2) is 4.98 Å². The van der Waals surface area contributed by atoms with E-state index >= 15 is 0 Å². The Morgan fingerprint density at radius 1 is 1.50 bits per heavy atom. The van der Waals surface area contributed by atoms with Crippen molar-refractivity contribution in [3.05, 3.63) is 46.4 Å². The monoisotopic (exact) mass is 219 g/mol. The van der Waals surface area contributed by atoms with Gasteiger partial charge in [-0.2, -0.15) is 0 Å². The van der Waals surface area contributed by atoms with Crippen molar-refractivity contribution < 1.29 is 4.42 Å². The predicted molar refractivity (Wildman–Crippen MR) is 60.2 cm³/mol. The highest BCUT2D eigenvalue weighted by Gasteiger charge is 2.03. The molecule has 16 heavy (non-hydrogen) atoms. The van der Waals surface area contributed by atoms with Gasteiger partial charge in [-0.05, 0) is 19.1 Å². The first-order valence-electron chi connectivity index (χ1n) is 4.97. The van der Waals surface area contributed by atoms with Crippen molar-refractivity contribution in [1.82, 2.24) is 9.55 Å². The Balaban J connectivity index is 2.11. The van der Waals surface area contributed by atoms with Gasteiger partial charge in [-0.1, -0.05) is 0 Å². The Kier molecular flexibility index (Phi) is 2.76. The Morgan fingerprint density at radius 2 is 2.31 bits per heavy atom. The molecule has 0 saturated carbocycles. The molecule has 0 aromatic carbocycles. The molecule has 0 unspecified atom stereocenters. The van der Waals surface area contributed by atoms with Gasteiger partial charge in [0.2, 0.25) is 0 Å². The SMILES string of the molecule is Cc1ccc(CNc2nccn(C)c2=O)o1. The molecule has 1 N–H and O–H groups in total. The molecule has 0 spiro atoms. The molecule has 0 aliphatic carbocycles. The summed E-state index contributed by atoms with van der Waals surface area (Å²) in [4.78, 5) is 15.6. The van der Waals surface area contributed by atoms with Crippen LogP contribution in [-0.2, 0) is 13.6 Å². The highest BCUT2D eigenvalue weighted by Crippen LogP contribution is 2.07. The van der Waals surface area contributed by atoms with Crippen LogP contribution in [0.15, 0.2) is 33.7 Å². The third kappa shape index (κ3) is 2.13. The smallest absolute Gasteiger partial charge is 0.293 e. The lowest BCUT2D eigenvalue weighted by Crippen LogP contribution is -2.21. The first-order valence-corrected chi connectivity index (χ1v) is 4.97. The minimum Gasteiger partial charge on any atom is -0.465 e. The van der Waals surface area contributed by atoms with Crippen LogP contribution in [0.5, 0.6) is 0 Å². The van der Waals surface area contributed by atoms with Crippen molar-refractivity contribution in [2.24, 2.45) is 7.05 Å². The number of hydrogen-bond acceptors (Lipinski definition) is 4.